The summed E-state index contributed by atoms with van der Waals surface area (Å²) in [5, 5.41) is 9.76. The maximum absolute atomic E-state index is 13.6. The lowest BCUT2D eigenvalue weighted by molar-refractivity contribution is -0.136. The Balaban J connectivity index is 0.674. The van der Waals surface area contributed by atoms with Gasteiger partial charge in [0.25, 0.3) is 11.8 Å². The van der Waals surface area contributed by atoms with Gasteiger partial charge in [0.15, 0.2) is 0 Å². The van der Waals surface area contributed by atoms with Crippen molar-refractivity contribution in [1.82, 2.24) is 35.1 Å². The molecule has 5 aromatic rings. The fraction of sp³-hybridized carbons (Fsp3) is 0.472. The molecule has 1 aliphatic carbocycles. The van der Waals surface area contributed by atoms with Crippen molar-refractivity contribution in [3.63, 3.8) is 0 Å². The molecule has 1 saturated carbocycles. The van der Waals surface area contributed by atoms with E-state index in [0.717, 1.165) is 92.5 Å². The average Bonchev–Trinajstić information content (AvgIpc) is 4.20. The number of carbonyl (C=O) groups excluding carboxylic acids is 4. The monoisotopic (exact) mass is 1060 g/mol. The predicted molar refractivity (Wildman–Crippen MR) is 282 cm³/mol. The van der Waals surface area contributed by atoms with Crippen LogP contribution in [0.1, 0.15) is 96.4 Å². The summed E-state index contributed by atoms with van der Waals surface area (Å²) in [5.41, 5.74) is 6.93. The molecule has 0 bridgehead atoms. The Labute approximate surface area is 427 Å². The van der Waals surface area contributed by atoms with Gasteiger partial charge in [-0.15, -0.1) is 0 Å². The number of piperidine rings is 4. The van der Waals surface area contributed by atoms with Gasteiger partial charge in [-0.2, -0.15) is 4.98 Å². The van der Waals surface area contributed by atoms with Crippen LogP contribution in [0.3, 0.4) is 0 Å². The molecule has 2 aromatic heterocycles. The van der Waals surface area contributed by atoms with Crippen LogP contribution in [0.5, 0.6) is 5.75 Å². The minimum atomic E-state index is -2.78. The number of anilines is 6. The molecule has 7 heterocycles. The van der Waals surface area contributed by atoms with Crippen molar-refractivity contribution in [2.45, 2.75) is 76.2 Å². The molecule has 5 fully saturated rings. The van der Waals surface area contributed by atoms with Gasteiger partial charge in [0, 0.05) is 75.2 Å². The van der Waals surface area contributed by atoms with E-state index < -0.39 is 30.9 Å². The van der Waals surface area contributed by atoms with E-state index in [9.17, 15) is 23.7 Å². The zero-order chi connectivity index (χ0) is 49.8. The van der Waals surface area contributed by atoms with E-state index in [-0.39, 0.29) is 18.7 Å². The standard InChI is InChI=1S/C53H61BrN11O6P/c1-71-45-28-44(37(34-4-5-34)27-42(45)59-53-57-29-39(54)49(61-53)58-41-9-8-40-47(56-19-18-55-40)48(41)72(2,3)70)64-24-16-33(17-25-64)32-14-20-62(21-15-32)30-31-12-22-63(23-13-31)35-6-7-36-38(26-35)52(69)65(51(36)68)43-10-11-46(66)60-50(43)67/h6-9,18-19,26-29,31-34,43H,4-5,10-17,20-25,30H2,1-3H3,(H,60,66,67)(H2,57,58,59,61). The van der Waals surface area contributed by atoms with Crippen LogP contribution in [0.25, 0.3) is 11.0 Å². The van der Waals surface area contributed by atoms with Gasteiger partial charge in [-0.3, -0.25) is 39.4 Å². The first kappa shape index (κ1) is 48.3. The van der Waals surface area contributed by atoms with Crippen LogP contribution < -0.4 is 35.8 Å². The number of halogens is 1. The van der Waals surface area contributed by atoms with Gasteiger partial charge in [-0.1, -0.05) is 0 Å². The normalized spacial score (nSPS) is 20.8. The fourth-order valence-electron chi connectivity index (χ4n) is 11.9. The topological polar surface area (TPSA) is 195 Å². The second-order valence-corrected chi connectivity index (χ2v) is 24.8. The lowest BCUT2D eigenvalue weighted by atomic mass is 9.78. The molecule has 3 N–H and O–H groups in total. The molecular formula is C53H61BrN11O6P. The number of fused-ring (bicyclic) bond motifs is 2. The fourth-order valence-corrected chi connectivity index (χ4v) is 13.6. The quantitative estimate of drug-likeness (QED) is 0.0757. The van der Waals surface area contributed by atoms with Gasteiger partial charge in [0.05, 0.1) is 44.9 Å². The molecular weight excluding hydrogens is 998 g/mol. The van der Waals surface area contributed by atoms with E-state index in [2.05, 4.69) is 73.7 Å². The Kier molecular flexibility index (Phi) is 13.3. The number of nitrogens with one attached hydrogen (secondary N) is 3. The smallest absolute Gasteiger partial charge is 0.262 e. The molecule has 1 atom stereocenters. The highest BCUT2D eigenvalue weighted by molar-refractivity contribution is 9.10. The Bertz CT molecular complexity index is 3010. The molecule has 5 aliphatic heterocycles. The highest BCUT2D eigenvalue weighted by Crippen LogP contribution is 2.49. The highest BCUT2D eigenvalue weighted by atomic mass is 79.9. The number of benzene rings is 3. The minimum Gasteiger partial charge on any atom is -0.494 e. The number of carbonyl (C=O) groups is 4. The van der Waals surface area contributed by atoms with Crippen molar-refractivity contribution in [3.05, 3.63) is 82.2 Å². The van der Waals surface area contributed by atoms with Gasteiger partial charge in [0.1, 0.15) is 30.3 Å². The third-order valence-electron chi connectivity index (χ3n) is 15.9. The number of aromatic nitrogens is 4. The summed E-state index contributed by atoms with van der Waals surface area (Å²) in [5.74, 6) is 2.34. The zero-order valence-electron chi connectivity index (χ0n) is 41.0. The van der Waals surface area contributed by atoms with Crippen LogP contribution in [0, 0.1) is 17.8 Å². The van der Waals surface area contributed by atoms with Crippen molar-refractivity contribution in [2.75, 3.05) is 86.7 Å². The van der Waals surface area contributed by atoms with E-state index in [1.165, 1.54) is 49.8 Å². The number of amides is 4. The van der Waals surface area contributed by atoms with E-state index in [4.69, 9.17) is 9.72 Å². The summed E-state index contributed by atoms with van der Waals surface area (Å²) < 4.78 is 20.3. The summed E-state index contributed by atoms with van der Waals surface area (Å²) >= 11 is 3.62. The first-order valence-electron chi connectivity index (χ1n) is 25.4. The third kappa shape index (κ3) is 9.69. The molecule has 0 radical (unpaired) electrons. The van der Waals surface area contributed by atoms with Gasteiger partial charge in [-0.05, 0) is 166 Å². The average molecular weight is 1060 g/mol. The molecule has 0 spiro atoms. The summed E-state index contributed by atoms with van der Waals surface area (Å²) in [6, 6.07) is 12.7. The van der Waals surface area contributed by atoms with Crippen LogP contribution >= 0.6 is 23.1 Å². The Morgan fingerprint density at radius 1 is 0.764 bits per heavy atom. The SMILES string of the molecule is COc1cc(N2CCC(C3CCN(CC4CCN(c5ccc6c(c5)C(=O)N(C5CCC(=O)NC5=O)C6=O)CC4)CC3)CC2)c(C2CC2)cc1Nc1ncc(Br)c(Nc2ccc3nccnc3c2P(C)(C)=O)n1. The second kappa shape index (κ2) is 19.8. The Hall–Kier alpha value is -5.97. The van der Waals surface area contributed by atoms with Crippen LogP contribution in [-0.2, 0) is 14.2 Å². The first-order valence-corrected chi connectivity index (χ1v) is 28.8. The van der Waals surface area contributed by atoms with Gasteiger partial charge < -0.3 is 34.6 Å². The number of rotatable bonds is 13. The summed E-state index contributed by atoms with van der Waals surface area (Å²) in [6.07, 6.45) is 14.5. The molecule has 376 valence electrons. The van der Waals surface area contributed by atoms with Crippen LogP contribution in [0.2, 0.25) is 0 Å². The molecule has 6 aliphatic rings. The largest absolute Gasteiger partial charge is 0.494 e. The number of methoxy groups -OCH3 is 1. The summed E-state index contributed by atoms with van der Waals surface area (Å²) in [7, 11) is -1.07. The number of nitrogens with zero attached hydrogens (tertiary/aromatic N) is 8. The number of imide groups is 2. The molecule has 4 amide bonds. The summed E-state index contributed by atoms with van der Waals surface area (Å²) in [6.45, 7) is 10.7. The third-order valence-corrected chi connectivity index (χ3v) is 18.0. The molecule has 3 aromatic carbocycles. The molecule has 1 unspecified atom stereocenters. The van der Waals surface area contributed by atoms with Crippen LogP contribution in [0.15, 0.2) is 65.5 Å². The minimum absolute atomic E-state index is 0.101. The summed E-state index contributed by atoms with van der Waals surface area (Å²) in [4.78, 5) is 77.9. The number of hydrogen-bond acceptors (Lipinski definition) is 15. The van der Waals surface area contributed by atoms with Gasteiger partial charge in [0.2, 0.25) is 17.8 Å². The zero-order valence-corrected chi connectivity index (χ0v) is 43.5. The first-order chi connectivity index (χ1) is 34.8. The predicted octanol–water partition coefficient (Wildman–Crippen LogP) is 8.05. The molecule has 72 heavy (non-hydrogen) atoms. The van der Waals surface area contributed by atoms with E-state index in [1.54, 1.807) is 45.1 Å². The highest BCUT2D eigenvalue weighted by Gasteiger charge is 2.45. The number of ether oxygens (including phenoxy) is 1. The molecule has 11 rings (SSSR count). The van der Waals surface area contributed by atoms with Crippen LogP contribution in [0.4, 0.5) is 34.5 Å². The molecule has 19 heteroatoms. The van der Waals surface area contributed by atoms with Crippen molar-refractivity contribution in [2.24, 2.45) is 17.8 Å². The molecule has 17 nitrogen and oxygen atoms in total. The van der Waals surface area contributed by atoms with Crippen molar-refractivity contribution in [3.8, 4) is 5.75 Å². The van der Waals surface area contributed by atoms with Crippen molar-refractivity contribution >= 4 is 97.6 Å². The van der Waals surface area contributed by atoms with Gasteiger partial charge in [-0.25, -0.2) is 4.98 Å². The van der Waals surface area contributed by atoms with Gasteiger partial charge >= 0.3 is 0 Å². The lowest BCUT2D eigenvalue weighted by Crippen LogP contribution is -2.54. The maximum atomic E-state index is 13.6. The second-order valence-electron chi connectivity index (χ2n) is 20.8. The maximum Gasteiger partial charge on any atom is 0.262 e. The number of hydrogen-bond donors (Lipinski definition) is 3. The lowest BCUT2D eigenvalue weighted by Gasteiger charge is -2.42. The number of likely N-dealkylation sites (tertiary alicyclic amines) is 1. The molecule has 4 saturated heterocycles. The van der Waals surface area contributed by atoms with Crippen molar-refractivity contribution in [1.29, 1.82) is 0 Å². The Morgan fingerprint density at radius 2 is 1.47 bits per heavy atom. The van der Waals surface area contributed by atoms with E-state index in [0.29, 0.717) is 61.2 Å². The van der Waals surface area contributed by atoms with Crippen molar-refractivity contribution < 1.29 is 28.5 Å². The Morgan fingerprint density at radius 3 is 2.18 bits per heavy atom. The van der Waals surface area contributed by atoms with E-state index in [1.807, 2.05) is 24.3 Å². The van der Waals surface area contributed by atoms with Crippen LogP contribution in [-0.4, -0.2) is 126 Å². The van der Waals surface area contributed by atoms with E-state index >= 15 is 0 Å².